The first-order valence-electron chi connectivity index (χ1n) is 9.22. The molecule has 0 atom stereocenters. The number of oxazole rings is 1. The minimum absolute atomic E-state index is 0. The number of piperidine rings is 1. The molecule has 0 aliphatic carbocycles. The molecule has 0 aromatic carbocycles. The van der Waals surface area contributed by atoms with E-state index >= 15 is 0 Å². The molecule has 0 radical (unpaired) electrons. The van der Waals surface area contributed by atoms with Gasteiger partial charge >= 0.3 is 51.4 Å². The summed E-state index contributed by atoms with van der Waals surface area (Å²) in [6, 6.07) is -0.221. The van der Waals surface area contributed by atoms with Crippen LogP contribution in [-0.2, 0) is 0 Å². The normalized spacial score (nSPS) is 15.1. The van der Waals surface area contributed by atoms with Crippen LogP contribution in [0.3, 0.4) is 0 Å². The van der Waals surface area contributed by atoms with Crippen molar-refractivity contribution in [2.75, 3.05) is 26.2 Å². The van der Waals surface area contributed by atoms with Gasteiger partial charge in [-0.05, 0) is 52.7 Å². The van der Waals surface area contributed by atoms with Crippen LogP contribution >= 0.6 is 0 Å². The van der Waals surface area contributed by atoms with Crippen LogP contribution in [0.15, 0.2) is 15.6 Å². The predicted molar refractivity (Wildman–Crippen MR) is 98.7 cm³/mol. The van der Waals surface area contributed by atoms with Gasteiger partial charge in [0.15, 0.2) is 23.4 Å². The second-order valence-electron chi connectivity index (χ2n) is 7.01. The molecule has 144 valence electrons. The van der Waals surface area contributed by atoms with Gasteiger partial charge in [0.05, 0.1) is 0 Å². The van der Waals surface area contributed by atoms with Gasteiger partial charge in [-0.25, -0.2) is 0 Å². The molecule has 2 N–H and O–H groups in total. The Kier molecular flexibility index (Phi) is 8.51. The second-order valence-corrected chi connectivity index (χ2v) is 7.01. The molecule has 0 saturated carbocycles. The summed E-state index contributed by atoms with van der Waals surface area (Å²) in [5.41, 5.74) is -0.561. The second kappa shape index (κ2) is 10.2. The molecule has 2 aromatic rings. The fraction of sp³-hybridized carbons (Fsp3) is 0.611. The first kappa shape index (κ1) is 22.6. The van der Waals surface area contributed by atoms with Crippen molar-refractivity contribution in [2.24, 2.45) is 0 Å². The van der Waals surface area contributed by atoms with Crippen LogP contribution in [0, 0.1) is 0 Å². The number of hydrogen-bond donors (Lipinski definition) is 2. The third kappa shape index (κ3) is 5.02. The Hall–Kier alpha value is -0.714. The number of pyridine rings is 1. The van der Waals surface area contributed by atoms with E-state index < -0.39 is 17.2 Å². The molecule has 0 spiro atoms. The minimum Gasteiger partial charge on any atom is -1.00 e. The van der Waals surface area contributed by atoms with E-state index in [0.717, 1.165) is 32.4 Å². The summed E-state index contributed by atoms with van der Waals surface area (Å²) in [4.78, 5) is 31.6. The zero-order chi connectivity index (χ0) is 18.7. The minimum atomic E-state index is -0.584. The fourth-order valence-electron chi connectivity index (χ4n) is 3.46. The molecule has 0 unspecified atom stereocenters. The van der Waals surface area contributed by atoms with Crippen molar-refractivity contribution in [1.82, 2.24) is 19.8 Å². The van der Waals surface area contributed by atoms with E-state index in [4.69, 9.17) is 4.42 Å². The molecule has 3 rings (SSSR count). The van der Waals surface area contributed by atoms with Gasteiger partial charge in [-0.15, -0.1) is 0 Å². The van der Waals surface area contributed by atoms with E-state index in [0.29, 0.717) is 6.54 Å². The van der Waals surface area contributed by atoms with E-state index in [1.54, 1.807) is 0 Å². The predicted octanol–water partition coefficient (Wildman–Crippen LogP) is -1.00. The van der Waals surface area contributed by atoms with Gasteiger partial charge in [0, 0.05) is 12.6 Å². The summed E-state index contributed by atoms with van der Waals surface area (Å²) < 4.78 is 6.55. The van der Waals surface area contributed by atoms with Gasteiger partial charge in [0.1, 0.15) is 0 Å². The van der Waals surface area contributed by atoms with Crippen LogP contribution in [-0.4, -0.2) is 51.6 Å². The number of rotatable bonds is 6. The van der Waals surface area contributed by atoms with Crippen LogP contribution in [0.1, 0.15) is 57.4 Å². The Bertz CT molecular complexity index is 846. The van der Waals surface area contributed by atoms with Gasteiger partial charge in [-0.1, -0.05) is 6.42 Å². The number of fused-ring (bicyclic) bond motifs is 1. The molecule has 1 saturated heterocycles. The van der Waals surface area contributed by atoms with Crippen molar-refractivity contribution in [3.05, 3.63) is 22.3 Å². The summed E-state index contributed by atoms with van der Waals surface area (Å²) in [6.07, 6.45) is 5.70. The molecule has 3 heterocycles. The third-order valence-corrected chi connectivity index (χ3v) is 4.79. The Morgan fingerprint density at radius 1 is 1.37 bits per heavy atom. The largest absolute Gasteiger partial charge is 1.00 e. The Labute approximate surface area is 202 Å². The molecule has 1 aliphatic heterocycles. The van der Waals surface area contributed by atoms with Gasteiger partial charge in [0.2, 0.25) is 5.58 Å². The van der Waals surface area contributed by atoms with Crippen LogP contribution in [0.2, 0.25) is 0 Å². The van der Waals surface area contributed by atoms with Gasteiger partial charge < -0.3 is 21.2 Å². The number of aromatic nitrogens is 2. The van der Waals surface area contributed by atoms with Crippen molar-refractivity contribution in [2.45, 2.75) is 45.6 Å². The quantitative estimate of drug-likeness (QED) is 0.475. The van der Waals surface area contributed by atoms with Gasteiger partial charge in [0.25, 0.3) is 11.5 Å². The number of nitrogens with zero attached hydrogens (tertiary/aromatic N) is 3. The smallest absolute Gasteiger partial charge is 1.00 e. The summed E-state index contributed by atoms with van der Waals surface area (Å²) in [6.45, 7) is 7.21. The first-order chi connectivity index (χ1) is 12.5. The number of aromatic hydroxyl groups is 1. The summed E-state index contributed by atoms with van der Waals surface area (Å²) in [5, 5.41) is 13.1. The molecule has 8 nitrogen and oxygen atoms in total. The van der Waals surface area contributed by atoms with E-state index in [1.165, 1.54) is 23.8 Å². The van der Waals surface area contributed by atoms with Crippen LogP contribution in [0.4, 0.5) is 0 Å². The Morgan fingerprint density at radius 3 is 2.74 bits per heavy atom. The number of likely N-dealkylation sites (tertiary alicyclic amines) is 1. The van der Waals surface area contributed by atoms with E-state index in [9.17, 15) is 14.7 Å². The summed E-state index contributed by atoms with van der Waals surface area (Å²) in [5.74, 6) is -1.04. The maximum absolute atomic E-state index is 12.7. The van der Waals surface area contributed by atoms with E-state index in [2.05, 4.69) is 15.2 Å². The topological polar surface area (TPSA) is 101 Å². The van der Waals surface area contributed by atoms with Gasteiger partial charge in [-0.2, -0.15) is 4.98 Å². The first-order valence-corrected chi connectivity index (χ1v) is 9.22. The Morgan fingerprint density at radius 2 is 2.07 bits per heavy atom. The molecule has 2 aromatic heterocycles. The standard InChI is InChI=1S/C18H26N4O4.K.H/c1-12(2)22-16-15(26-11-20-16)14(23)13(18(22)25)17(24)19-7-6-10-21-8-4-3-5-9-21;;/h11-12,23H,3-10H2,1-2H3,(H,19,24);;/q;+1;-1. The number of carbonyl (C=O) groups is 1. The zero-order valence-corrected chi connectivity index (χ0v) is 19.4. The van der Waals surface area contributed by atoms with Crippen LogP contribution < -0.4 is 62.3 Å². The molecule has 1 amide bonds. The molecule has 1 aliphatic rings. The number of hydrogen-bond acceptors (Lipinski definition) is 6. The third-order valence-electron chi connectivity index (χ3n) is 4.79. The summed E-state index contributed by atoms with van der Waals surface area (Å²) >= 11 is 0. The summed E-state index contributed by atoms with van der Waals surface area (Å²) in [7, 11) is 0. The number of nitrogens with one attached hydrogen (secondary N) is 1. The molecule has 9 heteroatoms. The van der Waals surface area contributed by atoms with Crippen molar-refractivity contribution in [1.29, 1.82) is 0 Å². The zero-order valence-electron chi connectivity index (χ0n) is 17.3. The average Bonchev–Trinajstić information content (AvgIpc) is 3.09. The molecule has 27 heavy (non-hydrogen) atoms. The fourth-order valence-corrected chi connectivity index (χ4v) is 3.46. The maximum Gasteiger partial charge on any atom is 1.00 e. The van der Waals surface area contributed by atoms with Crippen LogP contribution in [0.25, 0.3) is 11.2 Å². The molecule has 0 bridgehead atoms. The number of carbonyl (C=O) groups excluding carboxylic acids is 1. The maximum atomic E-state index is 12.7. The Balaban J connectivity index is 0.00000196. The van der Waals surface area contributed by atoms with Crippen molar-refractivity contribution < 1.29 is 67.1 Å². The van der Waals surface area contributed by atoms with Crippen molar-refractivity contribution in [3.63, 3.8) is 0 Å². The van der Waals surface area contributed by atoms with Crippen LogP contribution in [0.5, 0.6) is 5.75 Å². The van der Waals surface area contributed by atoms with Gasteiger partial charge in [-0.3, -0.25) is 14.2 Å². The molecular formula is C18H27KN4O4. The van der Waals surface area contributed by atoms with E-state index in [-0.39, 0.29) is 75.6 Å². The average molecular weight is 403 g/mol. The van der Waals surface area contributed by atoms with E-state index in [1.807, 2.05) is 13.8 Å². The number of amides is 1. The SMILES string of the molecule is CC(C)n1c(=O)c(C(=O)NCCCN2CCCCC2)c(O)c2ocnc21.[H-].[K+]. The van der Waals surface area contributed by atoms with Crippen molar-refractivity contribution >= 4 is 17.1 Å². The molecular weight excluding hydrogens is 375 g/mol. The molecule has 1 fully saturated rings. The van der Waals surface area contributed by atoms with Crippen molar-refractivity contribution in [3.8, 4) is 5.75 Å². The monoisotopic (exact) mass is 402 g/mol.